The Hall–Kier alpha value is -3.58. The van der Waals surface area contributed by atoms with E-state index in [4.69, 9.17) is 20.5 Å². The number of methoxy groups -OCH3 is 2. The van der Waals surface area contributed by atoms with E-state index in [1.165, 1.54) is 25.5 Å². The van der Waals surface area contributed by atoms with Gasteiger partial charge < -0.3 is 19.2 Å². The summed E-state index contributed by atoms with van der Waals surface area (Å²) in [6.45, 7) is 7.46. The Bertz CT molecular complexity index is 1100. The molecule has 1 aliphatic rings. The smallest absolute Gasteiger partial charge is 0.416 e. The van der Waals surface area contributed by atoms with Gasteiger partial charge in [0.25, 0.3) is 0 Å². The summed E-state index contributed by atoms with van der Waals surface area (Å²) < 4.78 is 70.3. The van der Waals surface area contributed by atoms with E-state index in [-0.39, 0.29) is 35.0 Å². The van der Waals surface area contributed by atoms with Crippen molar-refractivity contribution in [1.82, 2.24) is 5.32 Å². The van der Waals surface area contributed by atoms with Gasteiger partial charge in [-0.3, -0.25) is 0 Å². The summed E-state index contributed by atoms with van der Waals surface area (Å²) in [7, 11) is 2.40. The normalized spacial score (nSPS) is 16.7. The van der Waals surface area contributed by atoms with Gasteiger partial charge in [0.05, 0.1) is 55.0 Å². The van der Waals surface area contributed by atoms with Crippen LogP contribution in [0.5, 0.6) is 0 Å². The van der Waals surface area contributed by atoms with Crippen molar-refractivity contribution >= 4 is 11.7 Å². The predicted octanol–water partition coefficient (Wildman–Crippen LogP) is 4.49. The lowest BCUT2D eigenvalue weighted by Crippen LogP contribution is -2.32. The standard InChI is InChI=1S/C21H16F4N2O4/c1-26-19-16(12-7-6-11(22)9-13(12)21(23,24)25)17(20(28)30-3)14(10-29-2)27-18(19)15-5-4-8-31-15/h4-9,16,27H,10H2,2-3H3. The van der Waals surface area contributed by atoms with Crippen LogP contribution < -0.4 is 5.32 Å². The van der Waals surface area contributed by atoms with Crippen molar-refractivity contribution in [1.29, 1.82) is 0 Å². The maximum atomic E-state index is 13.8. The van der Waals surface area contributed by atoms with E-state index in [0.29, 0.717) is 6.07 Å². The van der Waals surface area contributed by atoms with Crippen molar-refractivity contribution in [2.24, 2.45) is 0 Å². The summed E-state index contributed by atoms with van der Waals surface area (Å²) in [5, 5.41) is 2.86. The summed E-state index contributed by atoms with van der Waals surface area (Å²) in [4.78, 5) is 16.1. The van der Waals surface area contributed by atoms with Gasteiger partial charge in [-0.15, -0.1) is 0 Å². The number of carbonyl (C=O) groups is 1. The fraction of sp³-hybridized carbons (Fsp3) is 0.238. The number of allylic oxidation sites excluding steroid dienone is 1. The lowest BCUT2D eigenvalue weighted by atomic mass is 9.81. The average Bonchev–Trinajstić information content (AvgIpc) is 3.26. The van der Waals surface area contributed by atoms with E-state index < -0.39 is 35.0 Å². The van der Waals surface area contributed by atoms with Gasteiger partial charge in [-0.25, -0.2) is 14.0 Å². The second-order valence-electron chi connectivity index (χ2n) is 6.45. The molecular weight excluding hydrogens is 420 g/mol. The number of rotatable bonds is 5. The molecular formula is C21H16F4N2O4. The van der Waals surface area contributed by atoms with E-state index in [0.717, 1.165) is 19.2 Å². The van der Waals surface area contributed by atoms with Crippen LogP contribution in [-0.2, 0) is 20.4 Å². The summed E-state index contributed by atoms with van der Waals surface area (Å²) in [5.74, 6) is -3.40. The molecule has 0 bridgehead atoms. The topological polar surface area (TPSA) is 65.1 Å². The minimum absolute atomic E-state index is 0.0714. The number of nitrogens with zero attached hydrogens (tertiary/aromatic N) is 1. The number of halogens is 4. The van der Waals surface area contributed by atoms with Gasteiger partial charge in [0.2, 0.25) is 5.70 Å². The number of dihydropyridines is 1. The Kier molecular flexibility index (Phi) is 6.17. The van der Waals surface area contributed by atoms with Gasteiger partial charge in [-0.05, 0) is 29.8 Å². The molecule has 0 amide bonds. The Labute approximate surface area is 174 Å². The first-order valence-electron chi connectivity index (χ1n) is 8.82. The molecule has 2 aromatic rings. The van der Waals surface area contributed by atoms with Crippen LogP contribution in [0, 0.1) is 12.4 Å². The van der Waals surface area contributed by atoms with Gasteiger partial charge >= 0.3 is 12.1 Å². The number of hydrogen-bond acceptors (Lipinski definition) is 5. The number of esters is 1. The molecule has 6 nitrogen and oxygen atoms in total. The minimum Gasteiger partial charge on any atom is -0.466 e. The van der Waals surface area contributed by atoms with Crippen molar-refractivity contribution in [3.05, 3.63) is 87.7 Å². The van der Waals surface area contributed by atoms with Gasteiger partial charge in [-0.2, -0.15) is 13.2 Å². The molecule has 0 aliphatic carbocycles. The average molecular weight is 436 g/mol. The summed E-state index contributed by atoms with van der Waals surface area (Å²) in [6.07, 6.45) is -3.61. The zero-order chi connectivity index (χ0) is 22.8. The van der Waals surface area contributed by atoms with Gasteiger partial charge in [0, 0.05) is 7.11 Å². The second-order valence-corrected chi connectivity index (χ2v) is 6.45. The highest BCUT2D eigenvalue weighted by Crippen LogP contribution is 2.46. The molecule has 0 radical (unpaired) electrons. The first-order chi connectivity index (χ1) is 14.7. The maximum Gasteiger partial charge on any atom is 0.416 e. The number of nitrogens with one attached hydrogen (secondary N) is 1. The van der Waals surface area contributed by atoms with Crippen molar-refractivity contribution < 1.29 is 36.2 Å². The highest BCUT2D eigenvalue weighted by Gasteiger charge is 2.43. The molecule has 0 saturated carbocycles. The molecule has 0 fully saturated rings. The van der Waals surface area contributed by atoms with Crippen LogP contribution in [0.1, 0.15) is 22.8 Å². The maximum absolute atomic E-state index is 13.8. The van der Waals surface area contributed by atoms with E-state index in [1.54, 1.807) is 0 Å². The molecule has 10 heteroatoms. The van der Waals surface area contributed by atoms with Crippen LogP contribution in [0.25, 0.3) is 10.5 Å². The Morgan fingerprint density at radius 1 is 1.29 bits per heavy atom. The zero-order valence-corrected chi connectivity index (χ0v) is 16.3. The van der Waals surface area contributed by atoms with E-state index in [2.05, 4.69) is 10.2 Å². The largest absolute Gasteiger partial charge is 0.466 e. The third-order valence-electron chi connectivity index (χ3n) is 4.63. The molecule has 1 atom stereocenters. The van der Waals surface area contributed by atoms with Crippen LogP contribution in [0.4, 0.5) is 17.6 Å². The Balaban J connectivity index is 2.39. The minimum atomic E-state index is -4.94. The van der Waals surface area contributed by atoms with Crippen molar-refractivity contribution in [3.63, 3.8) is 0 Å². The number of furan rings is 1. The van der Waals surface area contributed by atoms with Gasteiger partial charge in [0.1, 0.15) is 11.6 Å². The zero-order valence-electron chi connectivity index (χ0n) is 16.3. The number of benzene rings is 1. The van der Waals surface area contributed by atoms with Crippen molar-refractivity contribution in [2.75, 3.05) is 20.8 Å². The first-order valence-corrected chi connectivity index (χ1v) is 8.82. The molecule has 1 unspecified atom stereocenters. The molecule has 1 aromatic carbocycles. The van der Waals surface area contributed by atoms with Crippen LogP contribution >= 0.6 is 0 Å². The fourth-order valence-corrected chi connectivity index (χ4v) is 3.40. The summed E-state index contributed by atoms with van der Waals surface area (Å²) >= 11 is 0. The monoisotopic (exact) mass is 436 g/mol. The Morgan fingerprint density at radius 3 is 2.58 bits per heavy atom. The van der Waals surface area contributed by atoms with Gasteiger partial charge in [0.15, 0.2) is 0 Å². The lowest BCUT2D eigenvalue weighted by molar-refractivity contribution is -0.139. The third-order valence-corrected chi connectivity index (χ3v) is 4.63. The molecule has 0 spiro atoms. The molecule has 1 aromatic heterocycles. The van der Waals surface area contributed by atoms with Crippen molar-refractivity contribution in [2.45, 2.75) is 12.1 Å². The molecule has 3 rings (SSSR count). The highest BCUT2D eigenvalue weighted by molar-refractivity contribution is 5.95. The first kappa shape index (κ1) is 22.1. The fourth-order valence-electron chi connectivity index (χ4n) is 3.40. The highest BCUT2D eigenvalue weighted by atomic mass is 19.4. The number of ether oxygens (including phenoxy) is 2. The quantitative estimate of drug-likeness (QED) is 0.425. The molecule has 0 saturated heterocycles. The van der Waals surface area contributed by atoms with Crippen LogP contribution in [0.3, 0.4) is 0 Å². The van der Waals surface area contributed by atoms with E-state index in [1.807, 2.05) is 0 Å². The Morgan fingerprint density at radius 2 is 2.03 bits per heavy atom. The van der Waals surface area contributed by atoms with E-state index >= 15 is 0 Å². The number of alkyl halides is 3. The van der Waals surface area contributed by atoms with Gasteiger partial charge in [-0.1, -0.05) is 6.07 Å². The predicted molar refractivity (Wildman–Crippen MR) is 100 cm³/mol. The summed E-state index contributed by atoms with van der Waals surface area (Å²) in [6, 6.07) is 5.12. The number of hydrogen-bond donors (Lipinski definition) is 1. The SMILES string of the molecule is [C-]#[N+]C1=C(c2ccco2)NC(COC)=C(C(=O)OC)C1c1ccc(F)cc1C(F)(F)F. The van der Waals surface area contributed by atoms with Crippen LogP contribution in [-0.4, -0.2) is 26.8 Å². The molecule has 1 N–H and O–H groups in total. The molecule has 31 heavy (non-hydrogen) atoms. The lowest BCUT2D eigenvalue weighted by Gasteiger charge is -2.31. The van der Waals surface area contributed by atoms with Crippen LogP contribution in [0.2, 0.25) is 0 Å². The van der Waals surface area contributed by atoms with Crippen LogP contribution in [0.15, 0.2) is 58.0 Å². The summed E-state index contributed by atoms with van der Waals surface area (Å²) in [5.41, 5.74) is -2.11. The molecule has 1 aliphatic heterocycles. The third kappa shape index (κ3) is 4.18. The number of carbonyl (C=O) groups excluding carboxylic acids is 1. The van der Waals surface area contributed by atoms with Crippen molar-refractivity contribution in [3.8, 4) is 0 Å². The second kappa shape index (κ2) is 8.65. The molecule has 162 valence electrons. The molecule has 2 heterocycles. The van der Waals surface area contributed by atoms with E-state index in [9.17, 15) is 22.4 Å².